The van der Waals surface area contributed by atoms with Gasteiger partial charge in [0.15, 0.2) is 0 Å². The number of carbonyl (C=O) groups is 1. The number of benzene rings is 2. The number of carbonyl (C=O) groups excluding carboxylic acids is 1. The van der Waals surface area contributed by atoms with E-state index in [2.05, 4.69) is 52.4 Å². The van der Waals surface area contributed by atoms with Crippen molar-refractivity contribution in [3.8, 4) is 11.3 Å². The maximum Gasteiger partial charge on any atom is 0.233 e. The van der Waals surface area contributed by atoms with Crippen LogP contribution in [0.2, 0.25) is 0 Å². The van der Waals surface area contributed by atoms with E-state index in [1.54, 1.807) is 0 Å². The van der Waals surface area contributed by atoms with E-state index < -0.39 is 0 Å². The molecule has 29 heavy (non-hydrogen) atoms. The van der Waals surface area contributed by atoms with Gasteiger partial charge in [0.05, 0.1) is 11.4 Å². The SMILES string of the molecule is Cc1ccccc1-c1ccc(SCC(=O)N2CCN(c3ccccc3)CC2)nn1. The van der Waals surface area contributed by atoms with Gasteiger partial charge < -0.3 is 9.80 Å². The first kappa shape index (κ1) is 19.5. The Labute approximate surface area is 175 Å². The molecule has 1 fully saturated rings. The molecule has 2 heterocycles. The van der Waals surface area contributed by atoms with E-state index in [-0.39, 0.29) is 5.91 Å². The molecule has 0 atom stereocenters. The highest BCUT2D eigenvalue weighted by Gasteiger charge is 2.21. The Morgan fingerprint density at radius 3 is 2.31 bits per heavy atom. The van der Waals surface area contributed by atoms with Crippen molar-refractivity contribution in [2.45, 2.75) is 11.9 Å². The molecule has 1 aliphatic rings. The van der Waals surface area contributed by atoms with Gasteiger partial charge in [0, 0.05) is 37.4 Å². The fraction of sp³-hybridized carbons (Fsp3) is 0.261. The van der Waals surface area contributed by atoms with E-state index in [1.165, 1.54) is 23.0 Å². The summed E-state index contributed by atoms with van der Waals surface area (Å²) in [6, 6.07) is 22.4. The highest BCUT2D eigenvalue weighted by Crippen LogP contribution is 2.23. The average molecular weight is 405 g/mol. The number of piperazine rings is 1. The summed E-state index contributed by atoms with van der Waals surface area (Å²) in [4.78, 5) is 16.9. The van der Waals surface area contributed by atoms with Gasteiger partial charge in [-0.25, -0.2) is 0 Å². The van der Waals surface area contributed by atoms with Gasteiger partial charge in [0.1, 0.15) is 5.03 Å². The summed E-state index contributed by atoms with van der Waals surface area (Å²) in [6.45, 7) is 5.31. The second-order valence-corrected chi connectivity index (χ2v) is 8.06. The van der Waals surface area contributed by atoms with Gasteiger partial charge in [-0.3, -0.25) is 4.79 Å². The molecule has 0 aliphatic carbocycles. The quantitative estimate of drug-likeness (QED) is 0.604. The lowest BCUT2D eigenvalue weighted by atomic mass is 10.1. The van der Waals surface area contributed by atoms with Crippen LogP contribution in [0.3, 0.4) is 0 Å². The van der Waals surface area contributed by atoms with Gasteiger partial charge in [-0.2, -0.15) is 0 Å². The molecule has 1 aliphatic heterocycles. The molecule has 4 rings (SSSR count). The van der Waals surface area contributed by atoms with Crippen LogP contribution in [-0.2, 0) is 4.79 Å². The first-order chi connectivity index (χ1) is 14.2. The molecule has 5 nitrogen and oxygen atoms in total. The van der Waals surface area contributed by atoms with E-state index in [0.29, 0.717) is 5.75 Å². The predicted octanol–water partition coefficient (Wildman–Crippen LogP) is 3.89. The Morgan fingerprint density at radius 2 is 1.62 bits per heavy atom. The van der Waals surface area contributed by atoms with E-state index in [4.69, 9.17) is 0 Å². The summed E-state index contributed by atoms with van der Waals surface area (Å²) in [6.07, 6.45) is 0. The van der Waals surface area contributed by atoms with Gasteiger partial charge in [0.2, 0.25) is 5.91 Å². The standard InChI is InChI=1S/C23H24N4OS/c1-18-7-5-6-10-20(18)21-11-12-22(25-24-21)29-17-23(28)27-15-13-26(14-16-27)19-8-3-2-4-9-19/h2-12H,13-17H2,1H3. The number of hydrogen-bond donors (Lipinski definition) is 0. The zero-order chi connectivity index (χ0) is 20.1. The summed E-state index contributed by atoms with van der Waals surface area (Å²) >= 11 is 1.45. The van der Waals surface area contributed by atoms with E-state index >= 15 is 0 Å². The number of nitrogens with zero attached hydrogens (tertiary/aromatic N) is 4. The number of amides is 1. The van der Waals surface area contributed by atoms with Crippen LogP contribution >= 0.6 is 11.8 Å². The highest BCUT2D eigenvalue weighted by atomic mass is 32.2. The first-order valence-corrected chi connectivity index (χ1v) is 10.8. The molecule has 6 heteroatoms. The Kier molecular flexibility index (Phi) is 6.10. The van der Waals surface area contributed by atoms with Crippen molar-refractivity contribution in [3.05, 3.63) is 72.3 Å². The molecule has 1 amide bonds. The largest absolute Gasteiger partial charge is 0.368 e. The van der Waals surface area contributed by atoms with Crippen molar-refractivity contribution >= 4 is 23.4 Å². The van der Waals surface area contributed by atoms with Gasteiger partial charge >= 0.3 is 0 Å². The van der Waals surface area contributed by atoms with Gasteiger partial charge in [-0.1, -0.05) is 54.2 Å². The predicted molar refractivity (Wildman–Crippen MR) is 118 cm³/mol. The molecule has 3 aromatic rings. The van der Waals surface area contributed by atoms with E-state index in [9.17, 15) is 4.79 Å². The van der Waals surface area contributed by atoms with Crippen LogP contribution in [0, 0.1) is 6.92 Å². The third kappa shape index (κ3) is 4.77. The summed E-state index contributed by atoms with van der Waals surface area (Å²) in [7, 11) is 0. The number of anilines is 1. The monoisotopic (exact) mass is 404 g/mol. The minimum absolute atomic E-state index is 0.160. The van der Waals surface area contributed by atoms with Gasteiger partial charge in [-0.15, -0.1) is 10.2 Å². The van der Waals surface area contributed by atoms with Crippen LogP contribution < -0.4 is 4.90 Å². The number of aromatic nitrogens is 2. The maximum atomic E-state index is 12.6. The molecule has 148 valence electrons. The summed E-state index contributed by atoms with van der Waals surface area (Å²) in [5.41, 5.74) is 4.34. The van der Waals surface area contributed by atoms with Crippen LogP contribution in [0.15, 0.2) is 71.8 Å². The van der Waals surface area contributed by atoms with E-state index in [1.807, 2.05) is 41.3 Å². The normalized spacial score (nSPS) is 14.1. The third-order valence-electron chi connectivity index (χ3n) is 5.16. The smallest absolute Gasteiger partial charge is 0.233 e. The van der Waals surface area contributed by atoms with Crippen molar-refractivity contribution in [2.24, 2.45) is 0 Å². The number of hydrogen-bond acceptors (Lipinski definition) is 5. The lowest BCUT2D eigenvalue weighted by molar-refractivity contribution is -0.128. The molecule has 1 saturated heterocycles. The van der Waals surface area contributed by atoms with E-state index in [0.717, 1.165) is 42.5 Å². The highest BCUT2D eigenvalue weighted by molar-refractivity contribution is 7.99. The minimum Gasteiger partial charge on any atom is -0.368 e. The van der Waals surface area contributed by atoms with Crippen LogP contribution in [-0.4, -0.2) is 52.9 Å². The van der Waals surface area contributed by atoms with Gasteiger partial charge in [0.25, 0.3) is 0 Å². The number of rotatable bonds is 5. The fourth-order valence-electron chi connectivity index (χ4n) is 3.48. The van der Waals surface area contributed by atoms with Gasteiger partial charge in [-0.05, 0) is 36.8 Å². The third-order valence-corrected chi connectivity index (χ3v) is 6.06. The van der Waals surface area contributed by atoms with Crippen molar-refractivity contribution in [1.82, 2.24) is 15.1 Å². The Balaban J connectivity index is 1.28. The van der Waals surface area contributed by atoms with Crippen molar-refractivity contribution in [3.63, 3.8) is 0 Å². The molecular weight excluding hydrogens is 380 g/mol. The molecule has 1 aromatic heterocycles. The van der Waals surface area contributed by atoms with Crippen molar-refractivity contribution in [2.75, 3.05) is 36.8 Å². The lowest BCUT2D eigenvalue weighted by Crippen LogP contribution is -2.49. The minimum atomic E-state index is 0.160. The molecule has 0 spiro atoms. The lowest BCUT2D eigenvalue weighted by Gasteiger charge is -2.36. The molecular formula is C23H24N4OS. The molecule has 2 aromatic carbocycles. The summed E-state index contributed by atoms with van der Waals surface area (Å²) < 4.78 is 0. The summed E-state index contributed by atoms with van der Waals surface area (Å²) in [5, 5.41) is 9.42. The van der Waals surface area contributed by atoms with Crippen LogP contribution in [0.1, 0.15) is 5.56 Å². The summed E-state index contributed by atoms with van der Waals surface area (Å²) in [5.74, 6) is 0.552. The zero-order valence-corrected chi connectivity index (χ0v) is 17.3. The second-order valence-electron chi connectivity index (χ2n) is 7.06. The molecule has 0 unspecified atom stereocenters. The van der Waals surface area contributed by atoms with Crippen molar-refractivity contribution < 1.29 is 4.79 Å². The Morgan fingerprint density at radius 1 is 0.897 bits per heavy atom. The zero-order valence-electron chi connectivity index (χ0n) is 16.5. The number of thioether (sulfide) groups is 1. The Hall–Kier alpha value is -2.86. The molecule has 0 radical (unpaired) electrons. The fourth-order valence-corrected chi connectivity index (χ4v) is 4.20. The second kappa shape index (κ2) is 9.09. The molecule has 0 saturated carbocycles. The topological polar surface area (TPSA) is 49.3 Å². The molecule has 0 bridgehead atoms. The van der Waals surface area contributed by atoms with Crippen LogP contribution in [0.5, 0.6) is 0 Å². The van der Waals surface area contributed by atoms with Crippen LogP contribution in [0.4, 0.5) is 5.69 Å². The van der Waals surface area contributed by atoms with Crippen molar-refractivity contribution in [1.29, 1.82) is 0 Å². The number of para-hydroxylation sites is 1. The molecule has 0 N–H and O–H groups in total. The average Bonchev–Trinajstić information content (AvgIpc) is 2.79. The van der Waals surface area contributed by atoms with Crippen LogP contribution in [0.25, 0.3) is 11.3 Å². The maximum absolute atomic E-state index is 12.6. The number of aryl methyl sites for hydroxylation is 1. The first-order valence-electron chi connectivity index (χ1n) is 9.81. The Bertz CT molecular complexity index is 954.